The average molecular weight is 367 g/mol. The van der Waals surface area contributed by atoms with Crippen molar-refractivity contribution in [3.8, 4) is 5.75 Å². The van der Waals surface area contributed by atoms with Crippen LogP contribution in [0.25, 0.3) is 5.57 Å². The zero-order valence-corrected chi connectivity index (χ0v) is 17.1. The summed E-state index contributed by atoms with van der Waals surface area (Å²) in [6.45, 7) is 11.8. The Kier molecular flexibility index (Phi) is 5.07. The van der Waals surface area contributed by atoms with Gasteiger partial charge in [0.2, 0.25) is 0 Å². The molecule has 0 saturated heterocycles. The summed E-state index contributed by atoms with van der Waals surface area (Å²) < 4.78 is 6.01. The minimum atomic E-state index is -0.919. The van der Waals surface area contributed by atoms with Gasteiger partial charge in [0.1, 0.15) is 5.75 Å². The molecule has 0 spiro atoms. The lowest BCUT2D eigenvalue weighted by Gasteiger charge is -2.42. The summed E-state index contributed by atoms with van der Waals surface area (Å²) in [7, 11) is 0. The maximum atomic E-state index is 10.7. The van der Waals surface area contributed by atoms with Crippen LogP contribution in [0.3, 0.4) is 0 Å². The van der Waals surface area contributed by atoms with Gasteiger partial charge in [-0.15, -0.1) is 0 Å². The Morgan fingerprint density at radius 2 is 1.74 bits per heavy atom. The highest BCUT2D eigenvalue weighted by Gasteiger charge is 2.38. The third kappa shape index (κ3) is 4.02. The summed E-state index contributed by atoms with van der Waals surface area (Å²) in [5.74, 6) is 0.0564. The first-order valence-corrected chi connectivity index (χ1v) is 9.71. The Balaban J connectivity index is 2.02. The molecule has 144 valence electrons. The van der Waals surface area contributed by atoms with Gasteiger partial charge < -0.3 is 9.84 Å². The summed E-state index contributed by atoms with van der Waals surface area (Å²) in [6.07, 6.45) is 10.3. The number of carbonyl (C=O) groups is 1. The third-order valence-electron chi connectivity index (χ3n) is 5.94. The molecule has 0 atom stereocenters. The van der Waals surface area contributed by atoms with E-state index in [1.807, 2.05) is 12.2 Å². The van der Waals surface area contributed by atoms with E-state index in [0.29, 0.717) is 6.61 Å². The second-order valence-electron chi connectivity index (χ2n) is 9.04. The van der Waals surface area contributed by atoms with Gasteiger partial charge >= 0.3 is 5.97 Å². The van der Waals surface area contributed by atoms with Crippen molar-refractivity contribution in [2.45, 2.75) is 64.7 Å². The summed E-state index contributed by atoms with van der Waals surface area (Å²) in [5.41, 5.74) is 6.32. The van der Waals surface area contributed by atoms with Crippen molar-refractivity contribution in [2.24, 2.45) is 0 Å². The van der Waals surface area contributed by atoms with E-state index in [2.05, 4.69) is 45.9 Å². The molecule has 0 unspecified atom stereocenters. The highest BCUT2D eigenvalue weighted by molar-refractivity contribution is 5.81. The first-order chi connectivity index (χ1) is 12.6. The molecule has 1 aromatic carbocycles. The van der Waals surface area contributed by atoms with Crippen molar-refractivity contribution in [3.63, 3.8) is 0 Å². The minimum absolute atomic E-state index is 0.166. The zero-order valence-electron chi connectivity index (χ0n) is 17.1. The van der Waals surface area contributed by atoms with Crippen LogP contribution in [-0.2, 0) is 15.6 Å². The smallest absolute Gasteiger partial charge is 0.328 e. The average Bonchev–Trinajstić information content (AvgIpc) is 2.57. The predicted molar refractivity (Wildman–Crippen MR) is 110 cm³/mol. The Labute approximate surface area is 162 Å². The fourth-order valence-electron chi connectivity index (χ4n) is 4.10. The van der Waals surface area contributed by atoms with Gasteiger partial charge in [-0.3, -0.25) is 0 Å². The fraction of sp³-hybridized carbons (Fsp3) is 0.458. The molecule has 1 aliphatic heterocycles. The van der Waals surface area contributed by atoms with Crippen molar-refractivity contribution < 1.29 is 14.6 Å². The van der Waals surface area contributed by atoms with Gasteiger partial charge in [0, 0.05) is 18.1 Å². The van der Waals surface area contributed by atoms with E-state index in [-0.39, 0.29) is 10.8 Å². The summed E-state index contributed by atoms with van der Waals surface area (Å²) in [6, 6.07) is 4.60. The number of hydrogen-bond donors (Lipinski definition) is 1. The van der Waals surface area contributed by atoms with E-state index >= 15 is 0 Å². The maximum absolute atomic E-state index is 10.7. The van der Waals surface area contributed by atoms with Crippen molar-refractivity contribution in [2.75, 3.05) is 6.61 Å². The maximum Gasteiger partial charge on any atom is 0.328 e. The zero-order chi connectivity index (χ0) is 19.8. The van der Waals surface area contributed by atoms with Gasteiger partial charge in [0.25, 0.3) is 0 Å². The molecule has 3 heteroatoms. The van der Waals surface area contributed by atoms with Crippen molar-refractivity contribution in [3.05, 3.63) is 58.7 Å². The number of hydrogen-bond acceptors (Lipinski definition) is 2. The van der Waals surface area contributed by atoms with Crippen LogP contribution in [0, 0.1) is 0 Å². The lowest BCUT2D eigenvalue weighted by molar-refractivity contribution is -0.131. The van der Waals surface area contributed by atoms with E-state index in [4.69, 9.17) is 9.84 Å². The Hall–Kier alpha value is -2.29. The molecule has 0 saturated carbocycles. The standard InChI is InChI=1S/C24H30O3/c1-16(13-22(25)26)7-6-8-17-9-12-27-21-15-20-19(14-18(17)21)23(2,3)10-11-24(20,4)5/h6-8,13-15H,9-12H2,1-5H3,(H,25,26). The van der Waals surface area contributed by atoms with E-state index in [9.17, 15) is 4.79 Å². The number of benzene rings is 1. The molecule has 27 heavy (non-hydrogen) atoms. The van der Waals surface area contributed by atoms with Crippen molar-refractivity contribution in [1.82, 2.24) is 0 Å². The van der Waals surface area contributed by atoms with E-state index in [1.165, 1.54) is 41.2 Å². The molecule has 3 nitrogen and oxygen atoms in total. The van der Waals surface area contributed by atoms with E-state index in [1.54, 1.807) is 6.92 Å². The van der Waals surface area contributed by atoms with Crippen LogP contribution in [0.5, 0.6) is 5.75 Å². The van der Waals surface area contributed by atoms with E-state index < -0.39 is 5.97 Å². The van der Waals surface area contributed by atoms with Crippen LogP contribution in [-0.4, -0.2) is 17.7 Å². The van der Waals surface area contributed by atoms with Crippen LogP contribution >= 0.6 is 0 Å². The van der Waals surface area contributed by atoms with Gasteiger partial charge in [-0.25, -0.2) is 4.79 Å². The van der Waals surface area contributed by atoms with Gasteiger partial charge in [0.05, 0.1) is 6.61 Å². The largest absolute Gasteiger partial charge is 0.493 e. The Bertz CT molecular complexity index is 851. The topological polar surface area (TPSA) is 46.5 Å². The highest BCUT2D eigenvalue weighted by Crippen LogP contribution is 2.49. The van der Waals surface area contributed by atoms with Crippen molar-refractivity contribution >= 4 is 11.5 Å². The molecule has 0 aromatic heterocycles. The monoisotopic (exact) mass is 366 g/mol. The first kappa shape index (κ1) is 19.5. The summed E-state index contributed by atoms with van der Waals surface area (Å²) >= 11 is 0. The molecule has 3 rings (SSSR count). The molecule has 0 fully saturated rings. The SMILES string of the molecule is CC(C=CC=C1CCOc2cc3c(cc21)C(C)(C)CCC3(C)C)=CC(=O)O. The molecule has 2 aliphatic rings. The van der Waals surface area contributed by atoms with Gasteiger partial charge in [-0.05, 0) is 65.0 Å². The molecular formula is C24H30O3. The molecule has 0 bridgehead atoms. The minimum Gasteiger partial charge on any atom is -0.493 e. The van der Waals surface area contributed by atoms with Crippen LogP contribution in [0.2, 0.25) is 0 Å². The molecule has 1 aliphatic carbocycles. The second kappa shape index (κ2) is 7.03. The van der Waals surface area contributed by atoms with Gasteiger partial charge in [0.15, 0.2) is 0 Å². The van der Waals surface area contributed by atoms with Crippen LogP contribution in [0.15, 0.2) is 42.0 Å². The molecule has 1 aromatic rings. The number of fused-ring (bicyclic) bond motifs is 2. The number of aliphatic carboxylic acids is 1. The highest BCUT2D eigenvalue weighted by atomic mass is 16.5. The number of rotatable bonds is 3. The quantitative estimate of drug-likeness (QED) is 0.544. The first-order valence-electron chi connectivity index (χ1n) is 9.71. The Morgan fingerprint density at radius 1 is 1.11 bits per heavy atom. The third-order valence-corrected chi connectivity index (χ3v) is 5.94. The van der Waals surface area contributed by atoms with E-state index in [0.717, 1.165) is 17.7 Å². The van der Waals surface area contributed by atoms with Crippen LogP contribution < -0.4 is 4.74 Å². The fourth-order valence-corrected chi connectivity index (χ4v) is 4.10. The molecule has 1 N–H and O–H groups in total. The van der Waals surface area contributed by atoms with Crippen molar-refractivity contribution in [1.29, 1.82) is 0 Å². The second-order valence-corrected chi connectivity index (χ2v) is 9.04. The summed E-state index contributed by atoms with van der Waals surface area (Å²) in [5, 5.41) is 8.82. The molecule has 1 heterocycles. The number of carboxylic acid groups (broad SMARTS) is 1. The lowest BCUT2D eigenvalue weighted by Crippen LogP contribution is -2.34. The predicted octanol–water partition coefficient (Wildman–Crippen LogP) is 5.79. The Morgan fingerprint density at radius 3 is 2.37 bits per heavy atom. The van der Waals surface area contributed by atoms with Gasteiger partial charge in [-0.1, -0.05) is 45.9 Å². The normalized spacial score (nSPS) is 22.3. The molecule has 0 radical (unpaired) electrons. The number of carboxylic acids is 1. The van der Waals surface area contributed by atoms with Gasteiger partial charge in [-0.2, -0.15) is 0 Å². The number of allylic oxidation sites excluding steroid dienone is 4. The molecule has 0 amide bonds. The number of ether oxygens (including phenoxy) is 1. The summed E-state index contributed by atoms with van der Waals surface area (Å²) in [4.78, 5) is 10.7. The van der Waals surface area contributed by atoms with Crippen LogP contribution in [0.4, 0.5) is 0 Å². The van der Waals surface area contributed by atoms with Crippen LogP contribution in [0.1, 0.15) is 70.6 Å². The lowest BCUT2D eigenvalue weighted by atomic mass is 9.62. The molecular weight excluding hydrogens is 336 g/mol.